The summed E-state index contributed by atoms with van der Waals surface area (Å²) in [6, 6.07) is 16.0. The first-order valence-corrected chi connectivity index (χ1v) is 9.91. The fourth-order valence-corrected chi connectivity index (χ4v) is 4.09. The Morgan fingerprint density at radius 1 is 1.04 bits per heavy atom. The summed E-state index contributed by atoms with van der Waals surface area (Å²) < 4.78 is 4.15. The van der Waals surface area contributed by atoms with Gasteiger partial charge in [0.1, 0.15) is 5.82 Å². The number of carbonyl (C=O) groups excluding carboxylic acids is 1. The van der Waals surface area contributed by atoms with E-state index in [9.17, 15) is 4.79 Å². The van der Waals surface area contributed by atoms with E-state index >= 15 is 0 Å². The maximum Gasteiger partial charge on any atom is 0.230 e. The number of nitrogens with one attached hydrogen (secondary N) is 1. The highest BCUT2D eigenvalue weighted by Gasteiger charge is 2.13. The minimum absolute atomic E-state index is 0.0261. The monoisotopic (exact) mass is 379 g/mol. The van der Waals surface area contributed by atoms with Gasteiger partial charge in [0.2, 0.25) is 5.91 Å². The lowest BCUT2D eigenvalue weighted by molar-refractivity contribution is -0.118. The smallest absolute Gasteiger partial charge is 0.230 e. The molecule has 0 saturated heterocycles. The topological polar surface area (TPSA) is 64.7 Å². The van der Waals surface area contributed by atoms with Crippen LogP contribution >= 0.6 is 11.8 Å². The largest absolute Gasteiger partial charge is 0.348 e. The van der Waals surface area contributed by atoms with Gasteiger partial charge in [-0.05, 0) is 31.2 Å². The number of benzene rings is 2. The Bertz CT molecular complexity index is 1110. The fraction of sp³-hybridized carbons (Fsp3) is 0.250. The lowest BCUT2D eigenvalue weighted by Crippen LogP contribution is -2.26. The van der Waals surface area contributed by atoms with Crippen molar-refractivity contribution in [1.82, 2.24) is 24.4 Å². The zero-order valence-corrected chi connectivity index (χ0v) is 16.2. The van der Waals surface area contributed by atoms with Gasteiger partial charge in [0.25, 0.3) is 0 Å². The molecule has 0 saturated carbocycles. The van der Waals surface area contributed by atoms with Gasteiger partial charge in [-0.2, -0.15) is 0 Å². The summed E-state index contributed by atoms with van der Waals surface area (Å²) >= 11 is 1.46. The maximum atomic E-state index is 12.3. The van der Waals surface area contributed by atoms with Gasteiger partial charge in [0.05, 0.1) is 34.4 Å². The molecular weight excluding hydrogens is 358 g/mol. The van der Waals surface area contributed by atoms with E-state index in [0.29, 0.717) is 12.3 Å². The van der Waals surface area contributed by atoms with E-state index in [2.05, 4.69) is 32.8 Å². The third kappa shape index (κ3) is 3.42. The summed E-state index contributed by atoms with van der Waals surface area (Å²) in [4.78, 5) is 21.6. The van der Waals surface area contributed by atoms with Crippen LogP contribution in [-0.2, 0) is 24.9 Å². The van der Waals surface area contributed by atoms with Gasteiger partial charge in [0.15, 0.2) is 5.16 Å². The number of hydrogen-bond donors (Lipinski definition) is 1. The Morgan fingerprint density at radius 2 is 1.70 bits per heavy atom. The number of nitrogens with zero attached hydrogens (tertiary/aromatic N) is 4. The number of rotatable bonds is 6. The third-order valence-electron chi connectivity index (χ3n) is 4.59. The molecule has 0 unspecified atom stereocenters. The van der Waals surface area contributed by atoms with E-state index in [-0.39, 0.29) is 5.91 Å². The molecule has 0 aliphatic rings. The minimum atomic E-state index is -0.0261. The third-order valence-corrected chi connectivity index (χ3v) is 5.57. The molecule has 0 bridgehead atoms. The van der Waals surface area contributed by atoms with Gasteiger partial charge < -0.3 is 14.5 Å². The van der Waals surface area contributed by atoms with Crippen LogP contribution in [0.4, 0.5) is 0 Å². The quantitative estimate of drug-likeness (QED) is 0.522. The maximum absolute atomic E-state index is 12.3. The molecule has 4 rings (SSSR count). The van der Waals surface area contributed by atoms with Crippen molar-refractivity contribution in [2.45, 2.75) is 25.2 Å². The molecule has 1 N–H and O–H groups in total. The number of thioether (sulfide) groups is 1. The molecule has 7 heteroatoms. The van der Waals surface area contributed by atoms with Gasteiger partial charge in [-0.3, -0.25) is 4.79 Å². The zero-order valence-electron chi connectivity index (χ0n) is 15.3. The molecule has 0 aliphatic heterocycles. The van der Waals surface area contributed by atoms with Crippen molar-refractivity contribution < 1.29 is 4.79 Å². The summed E-state index contributed by atoms with van der Waals surface area (Å²) in [5.41, 5.74) is 4.06. The van der Waals surface area contributed by atoms with Crippen molar-refractivity contribution in [3.05, 3.63) is 54.4 Å². The van der Waals surface area contributed by atoms with Gasteiger partial charge in [-0.25, -0.2) is 9.97 Å². The lowest BCUT2D eigenvalue weighted by Gasteiger charge is -2.07. The number of fused-ring (bicyclic) bond motifs is 2. The second-order valence-corrected chi connectivity index (χ2v) is 7.21. The van der Waals surface area contributed by atoms with E-state index in [4.69, 9.17) is 0 Å². The Morgan fingerprint density at radius 3 is 2.41 bits per heavy atom. The first-order valence-electron chi connectivity index (χ1n) is 8.92. The first kappa shape index (κ1) is 17.6. The van der Waals surface area contributed by atoms with Crippen molar-refractivity contribution in [3.8, 4) is 0 Å². The second kappa shape index (κ2) is 7.44. The Balaban J connectivity index is 1.40. The number of imidazole rings is 2. The summed E-state index contributed by atoms with van der Waals surface area (Å²) in [5, 5.41) is 3.83. The first-order chi connectivity index (χ1) is 13.2. The Labute approximate surface area is 161 Å². The summed E-state index contributed by atoms with van der Waals surface area (Å²) in [6.07, 6.45) is 0. The number of hydrogen-bond acceptors (Lipinski definition) is 4. The predicted octanol–water partition coefficient (Wildman–Crippen LogP) is 3.35. The van der Waals surface area contributed by atoms with Crippen molar-refractivity contribution in [3.63, 3.8) is 0 Å². The van der Waals surface area contributed by atoms with Crippen molar-refractivity contribution in [1.29, 1.82) is 0 Å². The minimum Gasteiger partial charge on any atom is -0.348 e. The van der Waals surface area contributed by atoms with Crippen LogP contribution in [0.2, 0.25) is 0 Å². The van der Waals surface area contributed by atoms with Gasteiger partial charge in [0, 0.05) is 13.6 Å². The second-order valence-electron chi connectivity index (χ2n) is 6.27. The van der Waals surface area contributed by atoms with Crippen LogP contribution < -0.4 is 5.32 Å². The fourth-order valence-electron chi connectivity index (χ4n) is 3.18. The Hall–Kier alpha value is -2.80. The SMILES string of the molecule is CCn1c(SCC(=O)NCc2nc3ccccc3n2C)nc2ccccc21. The molecule has 0 atom stereocenters. The van der Waals surface area contributed by atoms with Gasteiger partial charge in [-0.15, -0.1) is 0 Å². The highest BCUT2D eigenvalue weighted by molar-refractivity contribution is 7.99. The molecule has 4 aromatic rings. The highest BCUT2D eigenvalue weighted by atomic mass is 32.2. The molecule has 0 fully saturated rings. The molecule has 2 aromatic carbocycles. The molecule has 1 amide bonds. The molecular formula is C20H21N5OS. The highest BCUT2D eigenvalue weighted by Crippen LogP contribution is 2.23. The summed E-state index contributed by atoms with van der Waals surface area (Å²) in [6.45, 7) is 3.32. The van der Waals surface area contributed by atoms with Crippen LogP contribution in [0.25, 0.3) is 22.1 Å². The van der Waals surface area contributed by atoms with E-state index in [1.165, 1.54) is 11.8 Å². The van der Waals surface area contributed by atoms with E-state index in [1.54, 1.807) is 0 Å². The normalized spacial score (nSPS) is 11.3. The lowest BCUT2D eigenvalue weighted by atomic mass is 10.3. The average molecular weight is 379 g/mol. The average Bonchev–Trinajstić information content (AvgIpc) is 3.22. The van der Waals surface area contributed by atoms with Gasteiger partial charge >= 0.3 is 0 Å². The molecule has 27 heavy (non-hydrogen) atoms. The van der Waals surface area contributed by atoms with Crippen LogP contribution in [0, 0.1) is 0 Å². The molecule has 0 aliphatic carbocycles. The summed E-state index contributed by atoms with van der Waals surface area (Å²) in [7, 11) is 1.97. The van der Waals surface area contributed by atoms with Crippen molar-refractivity contribution in [2.75, 3.05) is 5.75 Å². The molecule has 0 spiro atoms. The van der Waals surface area contributed by atoms with Crippen LogP contribution in [0.15, 0.2) is 53.7 Å². The van der Waals surface area contributed by atoms with Crippen LogP contribution in [0.5, 0.6) is 0 Å². The van der Waals surface area contributed by atoms with Crippen LogP contribution in [0.3, 0.4) is 0 Å². The summed E-state index contributed by atoms with van der Waals surface area (Å²) in [5.74, 6) is 1.14. The number of aryl methyl sites for hydroxylation is 2. The standard InChI is InChI=1S/C20H21N5OS/c1-3-25-17-11-7-5-9-15(17)23-20(25)27-13-19(26)21-12-18-22-14-8-4-6-10-16(14)24(18)2/h4-11H,3,12-13H2,1-2H3,(H,21,26). The molecule has 2 heterocycles. The number of carbonyl (C=O) groups is 1. The molecule has 0 radical (unpaired) electrons. The van der Waals surface area contributed by atoms with Crippen molar-refractivity contribution >= 4 is 39.7 Å². The van der Waals surface area contributed by atoms with E-state index in [0.717, 1.165) is 39.6 Å². The van der Waals surface area contributed by atoms with Gasteiger partial charge in [-0.1, -0.05) is 36.0 Å². The van der Waals surface area contributed by atoms with E-state index < -0.39 is 0 Å². The van der Waals surface area contributed by atoms with Crippen LogP contribution in [0.1, 0.15) is 12.7 Å². The number of aromatic nitrogens is 4. The van der Waals surface area contributed by atoms with Crippen LogP contribution in [-0.4, -0.2) is 30.8 Å². The molecule has 2 aromatic heterocycles. The van der Waals surface area contributed by atoms with Crippen molar-refractivity contribution in [2.24, 2.45) is 7.05 Å². The Kier molecular flexibility index (Phi) is 4.85. The number of amides is 1. The predicted molar refractivity (Wildman–Crippen MR) is 109 cm³/mol. The zero-order chi connectivity index (χ0) is 18.8. The van der Waals surface area contributed by atoms with E-state index in [1.807, 2.05) is 54.1 Å². The molecule has 138 valence electrons. The molecule has 6 nitrogen and oxygen atoms in total. The number of para-hydroxylation sites is 4.